The van der Waals surface area contributed by atoms with Gasteiger partial charge in [-0.3, -0.25) is 9.36 Å². The lowest BCUT2D eigenvalue weighted by molar-refractivity contribution is -0.120. The molecule has 8 heteroatoms. The van der Waals surface area contributed by atoms with Crippen LogP contribution in [-0.2, 0) is 16.0 Å². The Bertz CT molecular complexity index is 948. The number of anilines is 1. The molecular weight excluding hydrogens is 358 g/mol. The summed E-state index contributed by atoms with van der Waals surface area (Å²) in [6.07, 6.45) is 2.18. The molecule has 28 heavy (non-hydrogen) atoms. The van der Waals surface area contributed by atoms with Gasteiger partial charge in [-0.25, -0.2) is 0 Å². The van der Waals surface area contributed by atoms with E-state index in [1.165, 1.54) is 0 Å². The first-order chi connectivity index (χ1) is 13.8. The Morgan fingerprint density at radius 3 is 2.61 bits per heavy atom. The minimum Gasteiger partial charge on any atom is -0.395 e. The summed E-state index contributed by atoms with van der Waals surface area (Å²) in [5.74, 6) is 1.42. The van der Waals surface area contributed by atoms with E-state index in [-0.39, 0.29) is 25.5 Å². The number of hydrogen-bond acceptors (Lipinski definition) is 6. The molecule has 0 unspecified atom stereocenters. The predicted octanol–water partition coefficient (Wildman–Crippen LogP) is 0.908. The third-order valence-corrected chi connectivity index (χ3v) is 4.80. The average molecular weight is 381 g/mol. The summed E-state index contributed by atoms with van der Waals surface area (Å²) >= 11 is 0. The van der Waals surface area contributed by atoms with Crippen molar-refractivity contribution in [2.45, 2.75) is 6.42 Å². The van der Waals surface area contributed by atoms with E-state index in [1.54, 1.807) is 0 Å². The second-order valence-electron chi connectivity index (χ2n) is 6.64. The van der Waals surface area contributed by atoms with Crippen LogP contribution in [0.4, 0.5) is 5.82 Å². The molecule has 0 radical (unpaired) electrons. The summed E-state index contributed by atoms with van der Waals surface area (Å²) in [6.45, 7) is 3.21. The zero-order chi connectivity index (χ0) is 19.3. The second kappa shape index (κ2) is 8.37. The quantitative estimate of drug-likeness (QED) is 0.659. The van der Waals surface area contributed by atoms with Crippen LogP contribution in [0.5, 0.6) is 0 Å². The van der Waals surface area contributed by atoms with Crippen molar-refractivity contribution in [1.29, 1.82) is 0 Å². The molecule has 1 fully saturated rings. The minimum atomic E-state index is -0.120. The minimum absolute atomic E-state index is 0.0709. The Kier molecular flexibility index (Phi) is 5.50. The number of carbonyl (C=O) groups excluding carboxylic acids is 1. The van der Waals surface area contributed by atoms with Crippen molar-refractivity contribution in [3.8, 4) is 5.82 Å². The summed E-state index contributed by atoms with van der Waals surface area (Å²) in [6, 6.07) is 11.8. The fourth-order valence-electron chi connectivity index (χ4n) is 3.42. The standard InChI is InChI=1S/C20H23N5O3/c26-10-7-21-20(27)13-15-14-25(17-4-2-1-3-16(15)17)19-6-5-18(22-23-19)24-8-11-28-12-9-24/h1-6,14,26H,7-13H2,(H,21,27). The monoisotopic (exact) mass is 381 g/mol. The lowest BCUT2D eigenvalue weighted by Crippen LogP contribution is -2.36. The van der Waals surface area contributed by atoms with Gasteiger partial charge in [-0.1, -0.05) is 18.2 Å². The van der Waals surface area contributed by atoms with E-state index in [2.05, 4.69) is 20.4 Å². The number of nitrogens with zero attached hydrogens (tertiary/aromatic N) is 4. The molecule has 0 atom stereocenters. The summed E-state index contributed by atoms with van der Waals surface area (Å²) in [7, 11) is 0. The molecule has 146 valence electrons. The molecule has 1 saturated heterocycles. The number of para-hydroxylation sites is 1. The zero-order valence-electron chi connectivity index (χ0n) is 15.5. The predicted molar refractivity (Wildman–Crippen MR) is 106 cm³/mol. The highest BCUT2D eigenvalue weighted by atomic mass is 16.5. The van der Waals surface area contributed by atoms with Crippen LogP contribution in [-0.4, -0.2) is 65.2 Å². The van der Waals surface area contributed by atoms with Crippen molar-refractivity contribution < 1.29 is 14.6 Å². The van der Waals surface area contributed by atoms with Crippen molar-refractivity contribution in [2.75, 3.05) is 44.4 Å². The van der Waals surface area contributed by atoms with E-state index in [0.29, 0.717) is 19.0 Å². The Morgan fingerprint density at radius 2 is 1.86 bits per heavy atom. The fraction of sp³-hybridized carbons (Fsp3) is 0.350. The average Bonchev–Trinajstić information content (AvgIpc) is 3.11. The van der Waals surface area contributed by atoms with E-state index in [1.807, 2.05) is 47.2 Å². The lowest BCUT2D eigenvalue weighted by atomic mass is 10.1. The van der Waals surface area contributed by atoms with Crippen molar-refractivity contribution in [3.05, 3.63) is 48.2 Å². The third kappa shape index (κ3) is 3.83. The number of hydrogen-bond donors (Lipinski definition) is 2. The van der Waals surface area contributed by atoms with Crippen LogP contribution in [0.15, 0.2) is 42.6 Å². The van der Waals surface area contributed by atoms with Crippen LogP contribution in [0.2, 0.25) is 0 Å². The Labute approximate surface area is 162 Å². The second-order valence-corrected chi connectivity index (χ2v) is 6.64. The number of rotatable bonds is 6. The highest BCUT2D eigenvalue weighted by Gasteiger charge is 2.15. The van der Waals surface area contributed by atoms with Crippen LogP contribution in [0.3, 0.4) is 0 Å². The number of aliphatic hydroxyl groups is 1. The number of fused-ring (bicyclic) bond motifs is 1. The maximum atomic E-state index is 12.1. The maximum Gasteiger partial charge on any atom is 0.224 e. The van der Waals surface area contributed by atoms with Gasteiger partial charge in [0.05, 0.1) is 31.8 Å². The van der Waals surface area contributed by atoms with Gasteiger partial charge in [-0.05, 0) is 23.8 Å². The molecule has 0 saturated carbocycles. The number of benzene rings is 1. The van der Waals surface area contributed by atoms with E-state index in [0.717, 1.165) is 35.4 Å². The SMILES string of the molecule is O=C(Cc1cn(-c2ccc(N3CCOCC3)nn2)c2ccccc12)NCCO. The number of nitrogens with one attached hydrogen (secondary N) is 1. The Morgan fingerprint density at radius 1 is 1.11 bits per heavy atom. The molecule has 1 aliphatic heterocycles. The highest BCUT2D eigenvalue weighted by Crippen LogP contribution is 2.25. The molecule has 4 rings (SSSR count). The number of amides is 1. The van der Waals surface area contributed by atoms with Gasteiger partial charge in [0, 0.05) is 31.2 Å². The van der Waals surface area contributed by atoms with Gasteiger partial charge in [0.2, 0.25) is 5.91 Å². The Hall–Kier alpha value is -2.97. The normalized spacial score (nSPS) is 14.4. The van der Waals surface area contributed by atoms with E-state index >= 15 is 0 Å². The molecule has 0 bridgehead atoms. The Balaban J connectivity index is 1.62. The molecule has 2 N–H and O–H groups in total. The summed E-state index contributed by atoms with van der Waals surface area (Å²) in [5, 5.41) is 21.4. The van der Waals surface area contributed by atoms with Crippen molar-refractivity contribution in [2.24, 2.45) is 0 Å². The summed E-state index contributed by atoms with van der Waals surface area (Å²) in [5.41, 5.74) is 1.88. The molecule has 2 aromatic heterocycles. The number of ether oxygens (including phenoxy) is 1. The van der Waals surface area contributed by atoms with E-state index in [9.17, 15) is 4.79 Å². The number of morpholine rings is 1. The van der Waals surface area contributed by atoms with Gasteiger partial charge < -0.3 is 20.1 Å². The number of aromatic nitrogens is 3. The first-order valence-electron chi connectivity index (χ1n) is 9.39. The fourth-order valence-corrected chi connectivity index (χ4v) is 3.42. The first-order valence-corrected chi connectivity index (χ1v) is 9.39. The van der Waals surface area contributed by atoms with E-state index in [4.69, 9.17) is 9.84 Å². The smallest absolute Gasteiger partial charge is 0.224 e. The topological polar surface area (TPSA) is 92.5 Å². The van der Waals surface area contributed by atoms with Crippen molar-refractivity contribution >= 4 is 22.6 Å². The van der Waals surface area contributed by atoms with Gasteiger partial charge >= 0.3 is 0 Å². The third-order valence-electron chi connectivity index (χ3n) is 4.80. The molecule has 1 amide bonds. The molecule has 1 aliphatic rings. The summed E-state index contributed by atoms with van der Waals surface area (Å²) in [4.78, 5) is 14.3. The molecule has 8 nitrogen and oxygen atoms in total. The van der Waals surface area contributed by atoms with Crippen LogP contribution in [0.25, 0.3) is 16.7 Å². The largest absolute Gasteiger partial charge is 0.395 e. The van der Waals surface area contributed by atoms with Crippen molar-refractivity contribution in [3.63, 3.8) is 0 Å². The molecular formula is C20H23N5O3. The molecule has 3 heterocycles. The zero-order valence-corrected chi connectivity index (χ0v) is 15.5. The van der Waals surface area contributed by atoms with Gasteiger partial charge in [0.25, 0.3) is 0 Å². The summed E-state index contributed by atoms with van der Waals surface area (Å²) < 4.78 is 7.34. The number of aliphatic hydroxyl groups excluding tert-OH is 1. The van der Waals surface area contributed by atoms with Gasteiger partial charge in [-0.2, -0.15) is 0 Å². The lowest BCUT2D eigenvalue weighted by Gasteiger charge is -2.27. The van der Waals surface area contributed by atoms with Gasteiger partial charge in [-0.15, -0.1) is 10.2 Å². The van der Waals surface area contributed by atoms with Crippen molar-refractivity contribution in [1.82, 2.24) is 20.1 Å². The molecule has 0 spiro atoms. The van der Waals surface area contributed by atoms with Gasteiger partial charge in [0.15, 0.2) is 11.6 Å². The van der Waals surface area contributed by atoms with Crippen LogP contribution >= 0.6 is 0 Å². The molecule has 1 aromatic carbocycles. The first kappa shape index (κ1) is 18.4. The van der Waals surface area contributed by atoms with E-state index < -0.39 is 0 Å². The highest BCUT2D eigenvalue weighted by molar-refractivity contribution is 5.90. The maximum absolute atomic E-state index is 12.1. The molecule has 3 aromatic rings. The van der Waals surface area contributed by atoms with Crippen LogP contribution < -0.4 is 10.2 Å². The van der Waals surface area contributed by atoms with Crippen LogP contribution in [0, 0.1) is 0 Å². The van der Waals surface area contributed by atoms with Gasteiger partial charge in [0.1, 0.15) is 0 Å². The number of carbonyl (C=O) groups is 1. The molecule has 0 aliphatic carbocycles. The van der Waals surface area contributed by atoms with Crippen LogP contribution in [0.1, 0.15) is 5.56 Å².